The zero-order chi connectivity index (χ0) is 18.0. The van der Waals surface area contributed by atoms with E-state index in [1.165, 1.54) is 17.0 Å². The molecule has 2 aromatic carbocycles. The molecule has 3 rings (SSSR count). The number of piperidine rings is 1. The first kappa shape index (κ1) is 17.1. The molecule has 1 saturated heterocycles. The van der Waals surface area contributed by atoms with Gasteiger partial charge in [0, 0.05) is 36.2 Å². The summed E-state index contributed by atoms with van der Waals surface area (Å²) in [5.41, 5.74) is 0.496. The summed E-state index contributed by atoms with van der Waals surface area (Å²) in [6.07, 6.45) is 0.979. The summed E-state index contributed by atoms with van der Waals surface area (Å²) in [5.74, 6) is -2.16. The monoisotopic (exact) mass is 345 g/mol. The number of amides is 1. The van der Waals surface area contributed by atoms with Gasteiger partial charge in [-0.05, 0) is 49.2 Å². The van der Waals surface area contributed by atoms with E-state index >= 15 is 0 Å². The van der Waals surface area contributed by atoms with Gasteiger partial charge in [0.25, 0.3) is 5.91 Å². The lowest BCUT2D eigenvalue weighted by atomic mass is 9.88. The maximum atomic E-state index is 13.3. The highest BCUT2D eigenvalue weighted by molar-refractivity contribution is 5.98. The van der Waals surface area contributed by atoms with Crippen LogP contribution in [0.25, 0.3) is 0 Å². The minimum Gasteiger partial charge on any atom is -0.508 e. The molecule has 1 aliphatic rings. The predicted octanol–water partition coefficient (Wildman–Crippen LogP) is 3.41. The summed E-state index contributed by atoms with van der Waals surface area (Å²) >= 11 is 0. The number of phenols is 1. The molecule has 1 fully saturated rings. The maximum Gasteiger partial charge on any atom is 0.254 e. The number of likely N-dealkylation sites (tertiary alicyclic amines) is 1. The molecule has 0 unspecified atom stereocenters. The molecule has 1 amide bonds. The number of ketones is 1. The van der Waals surface area contributed by atoms with Crippen LogP contribution in [0, 0.1) is 17.6 Å². The largest absolute Gasteiger partial charge is 0.508 e. The van der Waals surface area contributed by atoms with Crippen LogP contribution in [0.3, 0.4) is 0 Å². The summed E-state index contributed by atoms with van der Waals surface area (Å²) in [5, 5.41) is 9.28. The van der Waals surface area contributed by atoms with Crippen molar-refractivity contribution in [1.29, 1.82) is 0 Å². The highest BCUT2D eigenvalue weighted by Crippen LogP contribution is 2.24. The molecular formula is C19H17F2NO3. The van der Waals surface area contributed by atoms with E-state index in [2.05, 4.69) is 0 Å². The molecule has 0 atom stereocenters. The van der Waals surface area contributed by atoms with Gasteiger partial charge in [-0.25, -0.2) is 8.78 Å². The molecule has 25 heavy (non-hydrogen) atoms. The maximum absolute atomic E-state index is 13.3. The average Bonchev–Trinajstić information content (AvgIpc) is 2.60. The van der Waals surface area contributed by atoms with Crippen molar-refractivity contribution in [3.8, 4) is 5.75 Å². The first-order chi connectivity index (χ1) is 11.9. The van der Waals surface area contributed by atoms with Gasteiger partial charge in [-0.15, -0.1) is 0 Å². The minimum atomic E-state index is -0.791. The van der Waals surface area contributed by atoms with Crippen molar-refractivity contribution < 1.29 is 23.5 Å². The van der Waals surface area contributed by atoms with Gasteiger partial charge in [-0.1, -0.05) is 0 Å². The van der Waals surface area contributed by atoms with Crippen LogP contribution in [-0.4, -0.2) is 34.8 Å². The lowest BCUT2D eigenvalue weighted by Crippen LogP contribution is -2.40. The van der Waals surface area contributed by atoms with E-state index in [1.807, 2.05) is 0 Å². The Morgan fingerprint density at radius 1 is 0.920 bits per heavy atom. The standard InChI is InChI=1S/C19H17F2NO3/c20-15-9-14(10-16(21)11-15)19(25)22-7-5-13(6-8-22)18(24)12-1-3-17(23)4-2-12/h1-4,9-11,13,23H,5-8H2. The number of Topliss-reactive ketones (excluding diaryl/α,β-unsaturated/α-hetero) is 1. The molecule has 1 heterocycles. The fourth-order valence-corrected chi connectivity index (χ4v) is 3.07. The van der Waals surface area contributed by atoms with Crippen LogP contribution < -0.4 is 0 Å². The number of aromatic hydroxyl groups is 1. The SMILES string of the molecule is O=C(c1ccc(O)cc1)C1CCN(C(=O)c2cc(F)cc(F)c2)CC1. The highest BCUT2D eigenvalue weighted by Gasteiger charge is 2.28. The second-order valence-electron chi connectivity index (χ2n) is 6.14. The number of hydrogen-bond donors (Lipinski definition) is 1. The Hall–Kier alpha value is -2.76. The van der Waals surface area contributed by atoms with Crippen LogP contribution in [-0.2, 0) is 0 Å². The summed E-state index contributed by atoms with van der Waals surface area (Å²) in [7, 11) is 0. The summed E-state index contributed by atoms with van der Waals surface area (Å²) in [4.78, 5) is 26.3. The van der Waals surface area contributed by atoms with Gasteiger partial charge in [0.2, 0.25) is 0 Å². The van der Waals surface area contributed by atoms with Crippen LogP contribution in [0.4, 0.5) is 8.78 Å². The van der Waals surface area contributed by atoms with E-state index in [1.54, 1.807) is 12.1 Å². The number of rotatable bonds is 3. The normalized spacial score (nSPS) is 15.2. The molecule has 1 N–H and O–H groups in total. The zero-order valence-electron chi connectivity index (χ0n) is 13.4. The molecule has 4 nitrogen and oxygen atoms in total. The molecule has 0 spiro atoms. The highest BCUT2D eigenvalue weighted by atomic mass is 19.1. The average molecular weight is 345 g/mol. The van der Waals surface area contributed by atoms with E-state index in [0.717, 1.165) is 18.2 Å². The molecule has 0 aromatic heterocycles. The van der Waals surface area contributed by atoms with E-state index in [4.69, 9.17) is 0 Å². The zero-order valence-corrected chi connectivity index (χ0v) is 13.4. The lowest BCUT2D eigenvalue weighted by molar-refractivity contribution is 0.0649. The van der Waals surface area contributed by atoms with Gasteiger partial charge in [-0.2, -0.15) is 0 Å². The Morgan fingerprint density at radius 2 is 1.48 bits per heavy atom. The summed E-state index contributed by atoms with van der Waals surface area (Å²) in [6.45, 7) is 0.705. The Labute approximate surface area is 143 Å². The topological polar surface area (TPSA) is 57.6 Å². The first-order valence-electron chi connectivity index (χ1n) is 8.02. The van der Waals surface area contributed by atoms with Gasteiger partial charge in [0.05, 0.1) is 0 Å². The van der Waals surface area contributed by atoms with E-state index in [-0.39, 0.29) is 23.0 Å². The number of carbonyl (C=O) groups excluding carboxylic acids is 2. The van der Waals surface area contributed by atoms with Gasteiger partial charge in [0.15, 0.2) is 5.78 Å². The number of halogens is 2. The van der Waals surface area contributed by atoms with Crippen molar-refractivity contribution in [1.82, 2.24) is 4.90 Å². The van der Waals surface area contributed by atoms with Gasteiger partial charge in [0.1, 0.15) is 17.4 Å². The third-order valence-corrected chi connectivity index (χ3v) is 4.41. The van der Waals surface area contributed by atoms with Gasteiger partial charge >= 0.3 is 0 Å². The number of hydrogen-bond acceptors (Lipinski definition) is 3. The quantitative estimate of drug-likeness (QED) is 0.868. The third-order valence-electron chi connectivity index (χ3n) is 4.41. The second kappa shape index (κ2) is 7.01. The van der Waals surface area contributed by atoms with E-state index in [0.29, 0.717) is 31.5 Å². The van der Waals surface area contributed by atoms with E-state index < -0.39 is 17.5 Å². The summed E-state index contributed by atoms with van der Waals surface area (Å²) < 4.78 is 26.5. The van der Waals surface area contributed by atoms with Crippen molar-refractivity contribution in [2.75, 3.05) is 13.1 Å². The van der Waals surface area contributed by atoms with Crippen molar-refractivity contribution in [2.24, 2.45) is 5.92 Å². The van der Waals surface area contributed by atoms with Crippen molar-refractivity contribution in [3.05, 3.63) is 65.2 Å². The van der Waals surface area contributed by atoms with Crippen molar-refractivity contribution >= 4 is 11.7 Å². The van der Waals surface area contributed by atoms with Crippen LogP contribution >= 0.6 is 0 Å². The molecule has 130 valence electrons. The fourth-order valence-electron chi connectivity index (χ4n) is 3.07. The van der Waals surface area contributed by atoms with Crippen molar-refractivity contribution in [3.63, 3.8) is 0 Å². The van der Waals surface area contributed by atoms with Crippen LogP contribution in [0.1, 0.15) is 33.6 Å². The smallest absolute Gasteiger partial charge is 0.254 e. The summed E-state index contributed by atoms with van der Waals surface area (Å²) in [6, 6.07) is 8.82. The number of phenolic OH excluding ortho intramolecular Hbond substituents is 1. The molecule has 0 aliphatic carbocycles. The minimum absolute atomic E-state index is 0.0242. The Balaban J connectivity index is 1.64. The van der Waals surface area contributed by atoms with Crippen LogP contribution in [0.15, 0.2) is 42.5 Å². The Morgan fingerprint density at radius 3 is 2.04 bits per heavy atom. The number of nitrogens with zero attached hydrogens (tertiary/aromatic N) is 1. The fraction of sp³-hybridized carbons (Fsp3) is 0.263. The molecular weight excluding hydrogens is 328 g/mol. The molecule has 6 heteroatoms. The van der Waals surface area contributed by atoms with Crippen molar-refractivity contribution in [2.45, 2.75) is 12.8 Å². The molecule has 1 aliphatic heterocycles. The Bertz CT molecular complexity index is 777. The van der Waals surface area contributed by atoms with E-state index in [9.17, 15) is 23.5 Å². The Kier molecular flexibility index (Phi) is 4.79. The van der Waals surface area contributed by atoms with Gasteiger partial charge in [-0.3, -0.25) is 9.59 Å². The molecule has 0 bridgehead atoms. The first-order valence-corrected chi connectivity index (χ1v) is 8.02. The van der Waals surface area contributed by atoms with Gasteiger partial charge < -0.3 is 10.0 Å². The molecule has 0 radical (unpaired) electrons. The number of benzene rings is 2. The predicted molar refractivity (Wildman–Crippen MR) is 87.4 cm³/mol. The molecule has 2 aromatic rings. The lowest BCUT2D eigenvalue weighted by Gasteiger charge is -2.31. The van der Waals surface area contributed by atoms with Crippen LogP contribution in [0.5, 0.6) is 5.75 Å². The van der Waals surface area contributed by atoms with Crippen LogP contribution in [0.2, 0.25) is 0 Å². The molecule has 0 saturated carbocycles. The second-order valence-corrected chi connectivity index (χ2v) is 6.14. The number of carbonyl (C=O) groups is 2. The third kappa shape index (κ3) is 3.84.